The topological polar surface area (TPSA) is 64.0 Å². The van der Waals surface area contributed by atoms with Gasteiger partial charge in [-0.2, -0.15) is 9.78 Å². The highest BCUT2D eigenvalue weighted by molar-refractivity contribution is 6.05. The van der Waals surface area contributed by atoms with Crippen LogP contribution in [0.1, 0.15) is 49.0 Å². The number of amides is 1. The number of nitrogens with one attached hydrogen (secondary N) is 1. The molecule has 1 N–H and O–H groups in total. The van der Waals surface area contributed by atoms with E-state index in [4.69, 9.17) is 0 Å². The van der Waals surface area contributed by atoms with Crippen molar-refractivity contribution < 1.29 is 4.79 Å². The third-order valence-electron chi connectivity index (χ3n) is 7.44. The van der Waals surface area contributed by atoms with Gasteiger partial charge in [0.15, 0.2) is 5.69 Å². The fourth-order valence-corrected chi connectivity index (χ4v) is 6.67. The van der Waals surface area contributed by atoms with Crippen molar-refractivity contribution in [3.05, 3.63) is 70.6 Å². The summed E-state index contributed by atoms with van der Waals surface area (Å²) in [5.74, 6) is 2.09. The van der Waals surface area contributed by atoms with Crippen LogP contribution < -0.4 is 10.9 Å². The Morgan fingerprint density at radius 3 is 2.07 bits per heavy atom. The molecule has 5 heteroatoms. The predicted molar refractivity (Wildman–Crippen MR) is 116 cm³/mol. The summed E-state index contributed by atoms with van der Waals surface area (Å²) in [6.45, 7) is 0. The number of fused-ring (bicyclic) bond motifs is 1. The van der Waals surface area contributed by atoms with Gasteiger partial charge >= 0.3 is 0 Å². The maximum absolute atomic E-state index is 13.5. The normalized spacial score (nSPS) is 29.3. The Hall–Kier alpha value is -2.95. The van der Waals surface area contributed by atoms with Crippen molar-refractivity contribution in [1.82, 2.24) is 15.1 Å². The van der Waals surface area contributed by atoms with Crippen molar-refractivity contribution >= 4 is 16.7 Å². The van der Waals surface area contributed by atoms with Gasteiger partial charge in [-0.1, -0.05) is 36.4 Å². The van der Waals surface area contributed by atoms with Gasteiger partial charge in [0, 0.05) is 10.9 Å². The molecule has 1 amide bonds. The Labute approximate surface area is 175 Å². The van der Waals surface area contributed by atoms with Crippen LogP contribution >= 0.6 is 0 Å². The van der Waals surface area contributed by atoms with E-state index in [1.165, 1.54) is 23.9 Å². The third-order valence-corrected chi connectivity index (χ3v) is 7.44. The van der Waals surface area contributed by atoms with Crippen LogP contribution in [0.2, 0.25) is 0 Å². The largest absolute Gasteiger partial charge is 0.345 e. The van der Waals surface area contributed by atoms with Gasteiger partial charge in [-0.05, 0) is 74.5 Å². The summed E-state index contributed by atoms with van der Waals surface area (Å²) in [4.78, 5) is 26.6. The summed E-state index contributed by atoms with van der Waals surface area (Å²) < 4.78 is 1.36. The zero-order chi connectivity index (χ0) is 20.3. The molecule has 4 bridgehead atoms. The highest BCUT2D eigenvalue weighted by Crippen LogP contribution is 2.55. The molecule has 4 aliphatic rings. The van der Waals surface area contributed by atoms with Crippen LogP contribution in [0.15, 0.2) is 59.4 Å². The molecule has 0 radical (unpaired) electrons. The first-order valence-corrected chi connectivity index (χ1v) is 11.0. The first-order valence-electron chi connectivity index (χ1n) is 11.0. The fraction of sp³-hybridized carbons (Fsp3) is 0.400. The summed E-state index contributed by atoms with van der Waals surface area (Å²) in [6.07, 6.45) is 7.24. The molecule has 0 spiro atoms. The van der Waals surface area contributed by atoms with Gasteiger partial charge in [-0.3, -0.25) is 9.59 Å². The van der Waals surface area contributed by atoms with Gasteiger partial charge < -0.3 is 5.32 Å². The average molecular weight is 399 g/mol. The molecule has 0 unspecified atom stereocenters. The Morgan fingerprint density at radius 2 is 1.43 bits per heavy atom. The van der Waals surface area contributed by atoms with Crippen LogP contribution in [-0.4, -0.2) is 21.2 Å². The molecule has 0 atom stereocenters. The minimum atomic E-state index is -0.205. The average Bonchev–Trinajstić information content (AvgIpc) is 2.73. The zero-order valence-electron chi connectivity index (χ0n) is 16.9. The van der Waals surface area contributed by atoms with Gasteiger partial charge in [0.05, 0.1) is 11.1 Å². The number of nitrogens with zero attached hydrogens (tertiary/aromatic N) is 2. The molecule has 0 saturated heterocycles. The minimum absolute atomic E-state index is 0.0949. The first-order chi connectivity index (χ1) is 14.6. The number of hydrogen-bond donors (Lipinski definition) is 1. The molecule has 3 aromatic rings. The molecule has 5 nitrogen and oxygen atoms in total. The maximum atomic E-state index is 13.5. The van der Waals surface area contributed by atoms with E-state index in [2.05, 4.69) is 10.4 Å². The zero-order valence-corrected chi connectivity index (χ0v) is 16.9. The van der Waals surface area contributed by atoms with Crippen LogP contribution in [0.25, 0.3) is 16.5 Å². The van der Waals surface area contributed by atoms with Gasteiger partial charge in [0.1, 0.15) is 0 Å². The molecule has 1 heterocycles. The third kappa shape index (κ3) is 2.79. The highest BCUT2D eigenvalue weighted by atomic mass is 16.2. The van der Waals surface area contributed by atoms with E-state index in [0.29, 0.717) is 22.2 Å². The Morgan fingerprint density at radius 1 is 0.867 bits per heavy atom. The molecule has 30 heavy (non-hydrogen) atoms. The number of para-hydroxylation sites is 1. The van der Waals surface area contributed by atoms with E-state index in [9.17, 15) is 9.59 Å². The van der Waals surface area contributed by atoms with E-state index in [1.807, 2.05) is 48.5 Å². The summed E-state index contributed by atoms with van der Waals surface area (Å²) in [5.41, 5.74) is 0.701. The number of benzene rings is 2. The summed E-state index contributed by atoms with van der Waals surface area (Å²) in [7, 11) is 0. The van der Waals surface area contributed by atoms with Crippen LogP contribution in [0.5, 0.6) is 0 Å². The van der Waals surface area contributed by atoms with E-state index in [-0.39, 0.29) is 17.0 Å². The molecule has 4 fully saturated rings. The van der Waals surface area contributed by atoms with Crippen molar-refractivity contribution in [3.63, 3.8) is 0 Å². The Kier molecular flexibility index (Phi) is 3.89. The SMILES string of the molecule is O=C(NC12CC3CC(CC(C3)C1)C2)c1nn(-c2ccccc2)c(=O)c2ccccc12. The fourth-order valence-electron chi connectivity index (χ4n) is 6.67. The number of aromatic nitrogens is 2. The summed E-state index contributed by atoms with van der Waals surface area (Å²) in [6, 6.07) is 16.6. The van der Waals surface area contributed by atoms with Gasteiger partial charge in [0.2, 0.25) is 0 Å². The van der Waals surface area contributed by atoms with Crippen LogP contribution in [0.3, 0.4) is 0 Å². The summed E-state index contributed by atoms with van der Waals surface area (Å²) >= 11 is 0. The predicted octanol–water partition coefficient (Wildman–Crippen LogP) is 4.08. The van der Waals surface area contributed by atoms with Crippen molar-refractivity contribution in [3.8, 4) is 5.69 Å². The number of carbonyl (C=O) groups excluding carboxylic acids is 1. The molecule has 4 aliphatic carbocycles. The second-order valence-corrected chi connectivity index (χ2v) is 9.60. The Balaban J connectivity index is 1.44. The molecular formula is C25H25N3O2. The number of rotatable bonds is 3. The second-order valence-electron chi connectivity index (χ2n) is 9.60. The van der Waals surface area contributed by atoms with E-state index in [1.54, 1.807) is 6.07 Å². The van der Waals surface area contributed by atoms with Crippen LogP contribution in [0, 0.1) is 17.8 Å². The van der Waals surface area contributed by atoms with Gasteiger partial charge in [-0.15, -0.1) is 0 Å². The molecule has 7 rings (SSSR count). The lowest BCUT2D eigenvalue weighted by molar-refractivity contribution is -0.0167. The molecule has 2 aromatic carbocycles. The van der Waals surface area contributed by atoms with Crippen molar-refractivity contribution in [2.75, 3.05) is 0 Å². The lowest BCUT2D eigenvalue weighted by Gasteiger charge is -2.56. The second kappa shape index (κ2) is 6.53. The number of hydrogen-bond acceptors (Lipinski definition) is 3. The Bertz CT molecular complexity index is 1160. The minimum Gasteiger partial charge on any atom is -0.345 e. The molecular weight excluding hydrogens is 374 g/mol. The highest BCUT2D eigenvalue weighted by Gasteiger charge is 2.51. The van der Waals surface area contributed by atoms with E-state index < -0.39 is 0 Å². The first kappa shape index (κ1) is 17.9. The van der Waals surface area contributed by atoms with Crippen molar-refractivity contribution in [1.29, 1.82) is 0 Å². The number of carbonyl (C=O) groups is 1. The molecule has 4 saturated carbocycles. The summed E-state index contributed by atoms with van der Waals surface area (Å²) in [5, 5.41) is 9.12. The monoisotopic (exact) mass is 399 g/mol. The smallest absolute Gasteiger partial charge is 0.279 e. The lowest BCUT2D eigenvalue weighted by atomic mass is 9.53. The standard InChI is InChI=1S/C25H25N3O2/c29-23(26-25-13-16-10-17(14-25)12-18(11-16)15-25)22-20-8-4-5-9-21(20)24(30)28(27-22)19-6-2-1-3-7-19/h1-9,16-18H,10-15H2,(H,26,29). The van der Waals surface area contributed by atoms with E-state index >= 15 is 0 Å². The van der Waals surface area contributed by atoms with Gasteiger partial charge in [0.25, 0.3) is 11.5 Å². The van der Waals surface area contributed by atoms with Crippen LogP contribution in [-0.2, 0) is 0 Å². The molecule has 0 aliphatic heterocycles. The molecule has 1 aromatic heterocycles. The quantitative estimate of drug-likeness (QED) is 0.722. The lowest BCUT2D eigenvalue weighted by Crippen LogP contribution is -2.60. The van der Waals surface area contributed by atoms with Crippen LogP contribution in [0.4, 0.5) is 0 Å². The maximum Gasteiger partial charge on any atom is 0.279 e. The van der Waals surface area contributed by atoms with Crippen molar-refractivity contribution in [2.24, 2.45) is 17.8 Å². The van der Waals surface area contributed by atoms with E-state index in [0.717, 1.165) is 37.0 Å². The van der Waals surface area contributed by atoms with Gasteiger partial charge in [-0.25, -0.2) is 0 Å². The molecule has 152 valence electrons. The van der Waals surface area contributed by atoms with Crippen molar-refractivity contribution in [2.45, 2.75) is 44.1 Å².